The van der Waals surface area contributed by atoms with Gasteiger partial charge in [-0.1, -0.05) is 46.2 Å². The van der Waals surface area contributed by atoms with E-state index in [0.29, 0.717) is 23.3 Å². The van der Waals surface area contributed by atoms with Crippen molar-refractivity contribution < 1.29 is 19.1 Å². The van der Waals surface area contributed by atoms with Crippen LogP contribution in [0.2, 0.25) is 0 Å². The Balaban J connectivity index is 2.86. The van der Waals surface area contributed by atoms with E-state index < -0.39 is 23.1 Å². The number of rotatable bonds is 8. The van der Waals surface area contributed by atoms with Gasteiger partial charge in [0.1, 0.15) is 5.60 Å². The Hall–Kier alpha value is -1.84. The van der Waals surface area contributed by atoms with E-state index in [4.69, 9.17) is 9.47 Å². The van der Waals surface area contributed by atoms with Crippen LogP contribution in [0, 0.1) is 11.8 Å². The smallest absolute Gasteiger partial charge is 0.350 e. The first-order valence-corrected chi connectivity index (χ1v) is 10.3. The van der Waals surface area contributed by atoms with Crippen molar-refractivity contribution >= 4 is 11.9 Å². The maximum atomic E-state index is 12.5. The molecule has 158 valence electrons. The molecule has 0 saturated heterocycles. The van der Waals surface area contributed by atoms with Gasteiger partial charge in [-0.25, -0.2) is 9.59 Å². The van der Waals surface area contributed by atoms with Crippen LogP contribution in [-0.2, 0) is 14.3 Å². The van der Waals surface area contributed by atoms with E-state index in [2.05, 4.69) is 27.7 Å². The number of ether oxygens (including phenoxy) is 2. The van der Waals surface area contributed by atoms with Crippen LogP contribution in [0.5, 0.6) is 0 Å². The summed E-state index contributed by atoms with van der Waals surface area (Å²) in [5, 5.41) is 0. The molecule has 0 heterocycles. The fraction of sp³-hybridized carbons (Fsp3) is 0.667. The zero-order chi connectivity index (χ0) is 21.7. The van der Waals surface area contributed by atoms with Crippen molar-refractivity contribution in [2.45, 2.75) is 92.3 Å². The van der Waals surface area contributed by atoms with Crippen LogP contribution >= 0.6 is 0 Å². The van der Waals surface area contributed by atoms with Gasteiger partial charge < -0.3 is 9.47 Å². The minimum absolute atomic E-state index is 0.437. The zero-order valence-corrected chi connectivity index (χ0v) is 19.1. The summed E-state index contributed by atoms with van der Waals surface area (Å²) in [5.41, 5.74) is -0.310. The Bertz CT molecular complexity index is 648. The molecular weight excluding hydrogens is 352 g/mol. The summed E-state index contributed by atoms with van der Waals surface area (Å²) < 4.78 is 10.8. The highest BCUT2D eigenvalue weighted by atomic mass is 16.6. The highest BCUT2D eigenvalue weighted by Crippen LogP contribution is 2.31. The molecular formula is C24H38O4. The second kappa shape index (κ2) is 9.58. The first-order chi connectivity index (χ1) is 12.7. The van der Waals surface area contributed by atoms with Crippen LogP contribution in [-0.4, -0.2) is 23.1 Å². The Morgan fingerprint density at radius 3 is 1.82 bits per heavy atom. The fourth-order valence-electron chi connectivity index (χ4n) is 3.00. The monoisotopic (exact) mass is 390 g/mol. The molecule has 1 rings (SSSR count). The van der Waals surface area contributed by atoms with Gasteiger partial charge in [-0.15, -0.1) is 0 Å². The van der Waals surface area contributed by atoms with Gasteiger partial charge in [-0.05, 0) is 76.5 Å². The third-order valence-corrected chi connectivity index (χ3v) is 4.67. The van der Waals surface area contributed by atoms with Gasteiger partial charge in [0.15, 0.2) is 0 Å². The van der Waals surface area contributed by atoms with Gasteiger partial charge in [0.05, 0.1) is 5.56 Å². The molecule has 0 fully saturated rings. The highest BCUT2D eigenvalue weighted by Gasteiger charge is 2.36. The fourth-order valence-corrected chi connectivity index (χ4v) is 3.00. The van der Waals surface area contributed by atoms with Gasteiger partial charge in [0, 0.05) is 0 Å². The Kier molecular flexibility index (Phi) is 8.28. The van der Waals surface area contributed by atoms with E-state index in [1.807, 2.05) is 12.1 Å². The molecule has 28 heavy (non-hydrogen) atoms. The standard InChI is InChI=1S/C24H38O4/c1-16(2)10-15-20(17(3)4)18-11-13-19(14-12-18)21(25)27-24(8,9)22(26)28-23(5,6)7/h11-14,16-17,20H,10,15H2,1-9H3. The average Bonchev–Trinajstić information content (AvgIpc) is 2.53. The molecule has 0 spiro atoms. The average molecular weight is 391 g/mol. The van der Waals surface area contributed by atoms with Crippen LogP contribution in [0.3, 0.4) is 0 Å². The van der Waals surface area contributed by atoms with Crippen molar-refractivity contribution in [2.75, 3.05) is 0 Å². The lowest BCUT2D eigenvalue weighted by Crippen LogP contribution is -2.42. The third-order valence-electron chi connectivity index (χ3n) is 4.67. The molecule has 1 aromatic rings. The predicted octanol–water partition coefficient (Wildman–Crippen LogP) is 6.14. The molecule has 1 atom stereocenters. The maximum absolute atomic E-state index is 12.5. The number of carbonyl (C=O) groups is 2. The molecule has 0 aromatic heterocycles. The number of benzene rings is 1. The summed E-state index contributed by atoms with van der Waals surface area (Å²) in [5.74, 6) is 0.586. The van der Waals surface area contributed by atoms with Crippen molar-refractivity contribution in [3.8, 4) is 0 Å². The largest absolute Gasteiger partial charge is 0.457 e. The summed E-state index contributed by atoms with van der Waals surface area (Å²) in [4.78, 5) is 24.8. The highest BCUT2D eigenvalue weighted by molar-refractivity contribution is 5.92. The van der Waals surface area contributed by atoms with Gasteiger partial charge in [0.2, 0.25) is 5.60 Å². The van der Waals surface area contributed by atoms with Gasteiger partial charge >= 0.3 is 11.9 Å². The lowest BCUT2D eigenvalue weighted by molar-refractivity contribution is -0.174. The number of hydrogen-bond donors (Lipinski definition) is 0. The summed E-state index contributed by atoms with van der Waals surface area (Å²) in [7, 11) is 0. The van der Waals surface area contributed by atoms with Crippen molar-refractivity contribution in [3.63, 3.8) is 0 Å². The topological polar surface area (TPSA) is 52.6 Å². The first kappa shape index (κ1) is 24.2. The van der Waals surface area contributed by atoms with Gasteiger partial charge in [0.25, 0.3) is 0 Å². The molecule has 0 bridgehead atoms. The first-order valence-electron chi connectivity index (χ1n) is 10.3. The predicted molar refractivity (Wildman–Crippen MR) is 113 cm³/mol. The van der Waals surface area contributed by atoms with E-state index in [1.54, 1.807) is 46.8 Å². The summed E-state index contributed by atoms with van der Waals surface area (Å²) in [6, 6.07) is 7.57. The molecule has 0 saturated carbocycles. The number of esters is 2. The number of carbonyl (C=O) groups excluding carboxylic acids is 2. The van der Waals surface area contributed by atoms with E-state index in [-0.39, 0.29) is 0 Å². The van der Waals surface area contributed by atoms with Crippen LogP contribution < -0.4 is 0 Å². The summed E-state index contributed by atoms with van der Waals surface area (Å²) in [6.45, 7) is 17.4. The van der Waals surface area contributed by atoms with Gasteiger partial charge in [-0.3, -0.25) is 0 Å². The summed E-state index contributed by atoms with van der Waals surface area (Å²) in [6.07, 6.45) is 2.31. The molecule has 4 nitrogen and oxygen atoms in total. The van der Waals surface area contributed by atoms with Crippen molar-refractivity contribution in [3.05, 3.63) is 35.4 Å². The van der Waals surface area contributed by atoms with Crippen LogP contribution in [0.25, 0.3) is 0 Å². The molecule has 1 unspecified atom stereocenters. The zero-order valence-electron chi connectivity index (χ0n) is 19.1. The van der Waals surface area contributed by atoms with Crippen molar-refractivity contribution in [2.24, 2.45) is 11.8 Å². The third kappa shape index (κ3) is 7.65. The van der Waals surface area contributed by atoms with E-state index in [0.717, 1.165) is 6.42 Å². The van der Waals surface area contributed by atoms with Gasteiger partial charge in [-0.2, -0.15) is 0 Å². The lowest BCUT2D eigenvalue weighted by Gasteiger charge is -2.28. The molecule has 0 aliphatic rings. The maximum Gasteiger partial charge on any atom is 0.350 e. The second-order valence-electron chi connectivity index (χ2n) is 9.85. The molecule has 1 aromatic carbocycles. The Morgan fingerprint density at radius 2 is 1.39 bits per heavy atom. The van der Waals surface area contributed by atoms with Crippen LogP contribution in [0.4, 0.5) is 0 Å². The lowest BCUT2D eigenvalue weighted by atomic mass is 9.83. The molecule has 0 aliphatic carbocycles. The van der Waals surface area contributed by atoms with Crippen molar-refractivity contribution in [1.82, 2.24) is 0 Å². The molecule has 0 amide bonds. The van der Waals surface area contributed by atoms with Crippen LogP contribution in [0.15, 0.2) is 24.3 Å². The summed E-state index contributed by atoms with van der Waals surface area (Å²) >= 11 is 0. The van der Waals surface area contributed by atoms with E-state index >= 15 is 0 Å². The molecule has 4 heteroatoms. The van der Waals surface area contributed by atoms with Crippen LogP contribution in [0.1, 0.15) is 97.0 Å². The Labute approximate surface area is 171 Å². The molecule has 0 radical (unpaired) electrons. The number of hydrogen-bond acceptors (Lipinski definition) is 4. The molecule has 0 N–H and O–H groups in total. The van der Waals surface area contributed by atoms with E-state index in [9.17, 15) is 9.59 Å². The SMILES string of the molecule is CC(C)CCC(c1ccc(C(=O)OC(C)(C)C(=O)OC(C)(C)C)cc1)C(C)C. The quantitative estimate of drug-likeness (QED) is 0.500. The normalized spacial score (nSPS) is 13.5. The molecule has 0 aliphatic heterocycles. The van der Waals surface area contributed by atoms with Crippen molar-refractivity contribution in [1.29, 1.82) is 0 Å². The Morgan fingerprint density at radius 1 is 0.857 bits per heavy atom. The minimum atomic E-state index is -1.35. The minimum Gasteiger partial charge on any atom is -0.457 e. The second-order valence-corrected chi connectivity index (χ2v) is 9.85. The van der Waals surface area contributed by atoms with E-state index in [1.165, 1.54) is 12.0 Å².